The summed E-state index contributed by atoms with van der Waals surface area (Å²) in [7, 11) is 0. The van der Waals surface area contributed by atoms with E-state index in [1.54, 1.807) is 39.0 Å². The van der Waals surface area contributed by atoms with E-state index < -0.39 is 23.3 Å². The molecular weight excluding hydrogens is 322 g/mol. The normalized spacial score (nSPS) is 11.8. The first-order valence-corrected chi connectivity index (χ1v) is 8.19. The highest BCUT2D eigenvalue weighted by Gasteiger charge is 2.20. The van der Waals surface area contributed by atoms with Crippen LogP contribution in [0.15, 0.2) is 24.3 Å². The number of hydrogen-bond acceptors (Lipinski definition) is 5. The molecule has 0 aliphatic rings. The Kier molecular flexibility index (Phi) is 7.42. The Balaban J connectivity index is 2.46. The Morgan fingerprint density at radius 3 is 2.20 bits per heavy atom. The van der Waals surface area contributed by atoms with E-state index in [0.717, 1.165) is 0 Å². The minimum atomic E-state index is -0.561. The second-order valence-corrected chi connectivity index (χ2v) is 7.52. The van der Waals surface area contributed by atoms with Crippen LogP contribution >= 0.6 is 0 Å². The number of benzene rings is 1. The second kappa shape index (κ2) is 8.85. The summed E-state index contributed by atoms with van der Waals surface area (Å²) in [6.07, 6.45) is -0.512. The number of nitrogens with one attached hydrogen (secondary N) is 1. The Bertz CT molecular complexity index is 584. The Hall–Kier alpha value is -2.08. The molecule has 0 saturated carbocycles. The molecule has 1 N–H and O–H groups in total. The van der Waals surface area contributed by atoms with Gasteiger partial charge in [-0.15, -0.1) is 0 Å². The number of carbonyl (C=O) groups is 2. The lowest BCUT2D eigenvalue weighted by molar-refractivity contribution is 0.00658. The van der Waals surface area contributed by atoms with Crippen LogP contribution < -0.4 is 5.32 Å². The molecule has 25 heavy (non-hydrogen) atoms. The molecule has 0 saturated heterocycles. The molecule has 0 aromatic heterocycles. The van der Waals surface area contributed by atoms with Gasteiger partial charge >= 0.3 is 12.1 Å². The molecule has 0 spiro atoms. The molecule has 0 unspecified atom stereocenters. The maximum absolute atomic E-state index is 12.2. The highest BCUT2D eigenvalue weighted by Crippen LogP contribution is 2.16. The molecular formula is C19H28NO5. The first-order chi connectivity index (χ1) is 11.5. The van der Waals surface area contributed by atoms with E-state index in [2.05, 4.69) is 5.32 Å². The molecule has 139 valence electrons. The summed E-state index contributed by atoms with van der Waals surface area (Å²) in [5.41, 5.74) is 0.0717. The van der Waals surface area contributed by atoms with Gasteiger partial charge in [0.05, 0.1) is 12.2 Å². The molecule has 0 fully saturated rings. The van der Waals surface area contributed by atoms with Gasteiger partial charge in [0.25, 0.3) is 0 Å². The lowest BCUT2D eigenvalue weighted by atomic mass is 10.1. The predicted molar refractivity (Wildman–Crippen MR) is 94.9 cm³/mol. The van der Waals surface area contributed by atoms with Gasteiger partial charge in [0.1, 0.15) is 17.8 Å². The van der Waals surface area contributed by atoms with Crippen LogP contribution in [0.25, 0.3) is 0 Å². The van der Waals surface area contributed by atoms with E-state index >= 15 is 0 Å². The average molecular weight is 350 g/mol. The van der Waals surface area contributed by atoms with Gasteiger partial charge in [-0.2, -0.15) is 0 Å². The van der Waals surface area contributed by atoms with Crippen LogP contribution in [0.5, 0.6) is 0 Å². The van der Waals surface area contributed by atoms with Gasteiger partial charge in [-0.3, -0.25) is 0 Å². The first-order valence-electron chi connectivity index (χ1n) is 8.19. The number of hydrogen-bond donors (Lipinski definition) is 1. The maximum Gasteiger partial charge on any atom is 0.407 e. The molecule has 0 aliphatic heterocycles. The van der Waals surface area contributed by atoms with Gasteiger partial charge in [-0.25, -0.2) is 9.59 Å². The summed E-state index contributed by atoms with van der Waals surface area (Å²) in [5.74, 6) is -0.390. The van der Waals surface area contributed by atoms with E-state index in [1.807, 2.05) is 26.8 Å². The fourth-order valence-electron chi connectivity index (χ4n) is 1.83. The maximum atomic E-state index is 12.2. The summed E-state index contributed by atoms with van der Waals surface area (Å²) < 4.78 is 15.9. The molecule has 6 nitrogen and oxygen atoms in total. The Morgan fingerprint density at radius 2 is 1.60 bits per heavy atom. The number of rotatable bonds is 6. The van der Waals surface area contributed by atoms with Gasteiger partial charge in [0, 0.05) is 6.54 Å². The van der Waals surface area contributed by atoms with Crippen LogP contribution in [0.4, 0.5) is 4.79 Å². The number of amides is 1. The number of carbonyl (C=O) groups excluding carboxylic acids is 2. The van der Waals surface area contributed by atoms with Crippen molar-refractivity contribution in [3.8, 4) is 0 Å². The molecule has 1 rings (SSSR count). The molecule has 0 atom stereocenters. The minimum Gasteiger partial charge on any atom is -0.456 e. The van der Waals surface area contributed by atoms with Crippen LogP contribution in [0.1, 0.15) is 57.5 Å². The average Bonchev–Trinajstić information content (AvgIpc) is 2.43. The standard InChI is InChI=1S/C19H28NO5/c1-18(2,3)24-16(21)15-10-8-7-9-14(15)13-23-12-11-20-17(22)25-19(4,5)6/h7-10,12H,11,13H2,1-6H3,(H,20,22). The Morgan fingerprint density at radius 1 is 1.00 bits per heavy atom. The van der Waals surface area contributed by atoms with Crippen LogP contribution in [0, 0.1) is 6.61 Å². The number of alkyl carbamates (subject to hydrolysis) is 1. The van der Waals surface area contributed by atoms with Crippen molar-refractivity contribution in [2.24, 2.45) is 0 Å². The smallest absolute Gasteiger partial charge is 0.407 e. The SMILES string of the molecule is CC(C)(C)OC(=O)NC[CH]OCc1ccccc1C(=O)OC(C)(C)C. The zero-order valence-corrected chi connectivity index (χ0v) is 15.8. The van der Waals surface area contributed by atoms with Crippen molar-refractivity contribution in [1.29, 1.82) is 0 Å². The zero-order chi connectivity index (χ0) is 19.1. The lowest BCUT2D eigenvalue weighted by Gasteiger charge is -2.20. The van der Waals surface area contributed by atoms with Gasteiger partial charge in [-0.05, 0) is 53.2 Å². The Labute approximate surface area is 149 Å². The third-order valence-corrected chi connectivity index (χ3v) is 2.72. The fraction of sp³-hybridized carbons (Fsp3) is 0.526. The lowest BCUT2D eigenvalue weighted by Crippen LogP contribution is -2.33. The molecule has 0 bridgehead atoms. The highest BCUT2D eigenvalue weighted by molar-refractivity contribution is 5.91. The number of esters is 1. The monoisotopic (exact) mass is 350 g/mol. The summed E-state index contributed by atoms with van der Waals surface area (Å²) in [6.45, 7) is 12.7. The summed E-state index contributed by atoms with van der Waals surface area (Å²) >= 11 is 0. The fourth-order valence-corrected chi connectivity index (χ4v) is 1.83. The van der Waals surface area contributed by atoms with E-state index in [-0.39, 0.29) is 13.2 Å². The van der Waals surface area contributed by atoms with Crippen molar-refractivity contribution in [3.63, 3.8) is 0 Å². The minimum absolute atomic E-state index is 0.198. The van der Waals surface area contributed by atoms with Crippen molar-refractivity contribution >= 4 is 12.1 Å². The van der Waals surface area contributed by atoms with Crippen LogP contribution in [-0.2, 0) is 20.8 Å². The highest BCUT2D eigenvalue weighted by atomic mass is 16.6. The second-order valence-electron chi connectivity index (χ2n) is 7.52. The zero-order valence-electron chi connectivity index (χ0n) is 15.8. The number of ether oxygens (including phenoxy) is 3. The first kappa shape index (κ1) is 21.0. The topological polar surface area (TPSA) is 73.9 Å². The third kappa shape index (κ3) is 9.10. The molecule has 1 aromatic rings. The van der Waals surface area contributed by atoms with Crippen LogP contribution in [-0.4, -0.2) is 29.8 Å². The van der Waals surface area contributed by atoms with Crippen molar-refractivity contribution in [3.05, 3.63) is 42.0 Å². The quantitative estimate of drug-likeness (QED) is 0.623. The summed E-state index contributed by atoms with van der Waals surface area (Å²) in [4.78, 5) is 23.7. The van der Waals surface area contributed by atoms with E-state index in [9.17, 15) is 9.59 Å². The largest absolute Gasteiger partial charge is 0.456 e. The van der Waals surface area contributed by atoms with Gasteiger partial charge in [-0.1, -0.05) is 18.2 Å². The predicted octanol–water partition coefficient (Wildman–Crippen LogP) is 3.84. The summed E-state index contributed by atoms with van der Waals surface area (Å²) in [6, 6.07) is 7.10. The van der Waals surface area contributed by atoms with E-state index in [1.165, 1.54) is 6.61 Å². The van der Waals surface area contributed by atoms with Crippen molar-refractivity contribution < 1.29 is 23.8 Å². The summed E-state index contributed by atoms with van der Waals surface area (Å²) in [5, 5.41) is 2.56. The van der Waals surface area contributed by atoms with Crippen molar-refractivity contribution in [2.45, 2.75) is 59.4 Å². The van der Waals surface area contributed by atoms with Crippen molar-refractivity contribution in [1.82, 2.24) is 5.32 Å². The van der Waals surface area contributed by atoms with Crippen LogP contribution in [0.3, 0.4) is 0 Å². The molecule has 6 heteroatoms. The molecule has 1 radical (unpaired) electrons. The molecule has 0 heterocycles. The van der Waals surface area contributed by atoms with E-state index in [4.69, 9.17) is 14.2 Å². The molecule has 1 amide bonds. The van der Waals surface area contributed by atoms with Gasteiger partial charge in [0.15, 0.2) is 0 Å². The third-order valence-electron chi connectivity index (χ3n) is 2.72. The van der Waals surface area contributed by atoms with E-state index in [0.29, 0.717) is 11.1 Å². The molecule has 1 aromatic carbocycles. The van der Waals surface area contributed by atoms with Gasteiger partial charge in [0.2, 0.25) is 0 Å². The molecule has 0 aliphatic carbocycles. The van der Waals surface area contributed by atoms with Crippen molar-refractivity contribution in [2.75, 3.05) is 6.54 Å². The van der Waals surface area contributed by atoms with Gasteiger partial charge < -0.3 is 19.5 Å². The van der Waals surface area contributed by atoms with Crippen LogP contribution in [0.2, 0.25) is 0 Å².